The van der Waals surface area contributed by atoms with Crippen LogP contribution >= 0.6 is 0 Å². The van der Waals surface area contributed by atoms with Crippen LogP contribution in [0.15, 0.2) is 30.3 Å². The molecule has 0 saturated carbocycles. The van der Waals surface area contributed by atoms with Gasteiger partial charge in [0.25, 0.3) is 0 Å². The van der Waals surface area contributed by atoms with Crippen LogP contribution in [0.3, 0.4) is 0 Å². The number of hydrogen-bond acceptors (Lipinski definition) is 8. The third-order valence-corrected chi connectivity index (χ3v) is 3.84. The molecule has 158 valence electrons. The van der Waals surface area contributed by atoms with Crippen molar-refractivity contribution in [3.8, 4) is 0 Å². The summed E-state index contributed by atoms with van der Waals surface area (Å²) in [7, 11) is 2.16. The smallest absolute Gasteiger partial charge is 0.407 e. The Morgan fingerprint density at radius 3 is 2.10 bits per heavy atom. The fourth-order valence-electron chi connectivity index (χ4n) is 2.22. The highest BCUT2D eigenvalue weighted by Crippen LogP contribution is 2.10. The van der Waals surface area contributed by atoms with Crippen LogP contribution in [0.5, 0.6) is 0 Å². The molecule has 2 amide bonds. The maximum atomic E-state index is 12.2. The minimum atomic E-state index is -1.41. The summed E-state index contributed by atoms with van der Waals surface area (Å²) >= 11 is 0. The largest absolute Gasteiger partial charge is 0.468 e. The summed E-state index contributed by atoms with van der Waals surface area (Å²) in [6, 6.07) is 7.99. The van der Waals surface area contributed by atoms with E-state index in [1.54, 1.807) is 24.3 Å². The first-order valence-corrected chi connectivity index (χ1v) is 8.70. The predicted molar refractivity (Wildman–Crippen MR) is 99.4 cm³/mol. The van der Waals surface area contributed by atoms with Crippen molar-refractivity contribution in [3.05, 3.63) is 35.9 Å². The van der Waals surface area contributed by atoms with Crippen LogP contribution in [0.1, 0.15) is 18.9 Å². The number of carbonyl (C=O) groups is 5. The maximum Gasteiger partial charge on any atom is 0.407 e. The number of esters is 2. The summed E-state index contributed by atoms with van der Waals surface area (Å²) in [5.74, 6) is -4.46. The normalized spacial score (nSPS) is 11.2. The Balaban J connectivity index is 2.41. The van der Waals surface area contributed by atoms with Gasteiger partial charge in [0.2, 0.25) is 5.91 Å². The molecule has 0 aromatic heterocycles. The Labute approximate surface area is 167 Å². The number of Topliss-reactive ketones (excluding diaryl/α,β-unsaturated/α-hetero) is 1. The number of amides is 2. The van der Waals surface area contributed by atoms with Crippen molar-refractivity contribution >= 4 is 29.7 Å². The molecular formula is C19H24N2O8. The minimum Gasteiger partial charge on any atom is -0.468 e. The summed E-state index contributed by atoms with van der Waals surface area (Å²) in [5.41, 5.74) is 0.789. The lowest BCUT2D eigenvalue weighted by Crippen LogP contribution is -2.45. The van der Waals surface area contributed by atoms with E-state index in [0.29, 0.717) is 0 Å². The number of alkyl carbamates (subject to hydrolysis) is 1. The molecule has 1 atom stereocenters. The van der Waals surface area contributed by atoms with Crippen molar-refractivity contribution in [1.29, 1.82) is 0 Å². The predicted octanol–water partition coefficient (Wildman–Crippen LogP) is 0.339. The van der Waals surface area contributed by atoms with Crippen LogP contribution in [-0.4, -0.2) is 56.5 Å². The zero-order valence-electron chi connectivity index (χ0n) is 16.4. The van der Waals surface area contributed by atoms with E-state index in [4.69, 9.17) is 4.74 Å². The van der Waals surface area contributed by atoms with Crippen LogP contribution in [-0.2, 0) is 40.0 Å². The third-order valence-electron chi connectivity index (χ3n) is 3.84. The zero-order valence-corrected chi connectivity index (χ0v) is 16.4. The van der Waals surface area contributed by atoms with E-state index in [1.165, 1.54) is 6.92 Å². The molecule has 0 heterocycles. The number of nitrogens with one attached hydrogen (secondary N) is 2. The maximum absolute atomic E-state index is 12.2. The summed E-state index contributed by atoms with van der Waals surface area (Å²) in [4.78, 5) is 58.9. The fourth-order valence-corrected chi connectivity index (χ4v) is 2.22. The van der Waals surface area contributed by atoms with Crippen molar-refractivity contribution in [2.24, 2.45) is 5.92 Å². The molecule has 0 aliphatic rings. The van der Waals surface area contributed by atoms with Gasteiger partial charge in [0, 0.05) is 6.42 Å². The standard InChI is InChI=1S/C19H24N2O8/c1-12(15(22)9-14(17(24)27-2)18(25)28-3)21-16(23)10-20-19(26)29-11-13-7-5-4-6-8-13/h4-8,12,14H,9-11H2,1-3H3,(H,20,26)(H,21,23)/t12-/m0/s1. The van der Waals surface area contributed by atoms with Crippen LogP contribution < -0.4 is 10.6 Å². The lowest BCUT2D eigenvalue weighted by Gasteiger charge is -2.16. The Morgan fingerprint density at radius 1 is 0.966 bits per heavy atom. The quantitative estimate of drug-likeness (QED) is 0.321. The second kappa shape index (κ2) is 12.1. The fraction of sp³-hybridized carbons (Fsp3) is 0.421. The van der Waals surface area contributed by atoms with Crippen LogP contribution in [0.25, 0.3) is 0 Å². The van der Waals surface area contributed by atoms with Gasteiger partial charge in [-0.25, -0.2) is 4.79 Å². The van der Waals surface area contributed by atoms with Gasteiger partial charge in [-0.3, -0.25) is 19.2 Å². The molecule has 0 saturated heterocycles. The molecule has 2 N–H and O–H groups in total. The van der Waals surface area contributed by atoms with E-state index in [1.807, 2.05) is 6.07 Å². The van der Waals surface area contributed by atoms with Crippen molar-refractivity contribution in [2.45, 2.75) is 26.0 Å². The SMILES string of the molecule is COC(=O)C(CC(=O)[C@H](C)NC(=O)CNC(=O)OCc1ccccc1)C(=O)OC. The second-order valence-electron chi connectivity index (χ2n) is 5.97. The number of hydrogen-bond donors (Lipinski definition) is 2. The Bertz CT molecular complexity index is 719. The van der Waals surface area contributed by atoms with E-state index in [2.05, 4.69) is 20.1 Å². The zero-order chi connectivity index (χ0) is 21.8. The number of carbonyl (C=O) groups excluding carboxylic acids is 5. The molecule has 10 heteroatoms. The summed E-state index contributed by atoms with van der Waals surface area (Å²) in [5, 5.41) is 4.62. The van der Waals surface area contributed by atoms with Gasteiger partial charge in [0.15, 0.2) is 11.7 Å². The first kappa shape index (κ1) is 23.6. The van der Waals surface area contributed by atoms with Crippen LogP contribution in [0.4, 0.5) is 4.79 Å². The topological polar surface area (TPSA) is 137 Å². The lowest BCUT2D eigenvalue weighted by atomic mass is 9.99. The molecule has 10 nitrogen and oxygen atoms in total. The first-order valence-electron chi connectivity index (χ1n) is 8.70. The Morgan fingerprint density at radius 2 is 1.55 bits per heavy atom. The molecule has 29 heavy (non-hydrogen) atoms. The second-order valence-corrected chi connectivity index (χ2v) is 5.97. The van der Waals surface area contributed by atoms with Crippen molar-refractivity contribution in [3.63, 3.8) is 0 Å². The molecular weight excluding hydrogens is 384 g/mol. The molecule has 1 aromatic rings. The first-order chi connectivity index (χ1) is 13.8. The van der Waals surface area contributed by atoms with E-state index in [-0.39, 0.29) is 6.61 Å². The lowest BCUT2D eigenvalue weighted by molar-refractivity contribution is -0.160. The number of rotatable bonds is 10. The van der Waals surface area contributed by atoms with E-state index >= 15 is 0 Å². The van der Waals surface area contributed by atoms with Crippen molar-refractivity contribution in [1.82, 2.24) is 10.6 Å². The summed E-state index contributed by atoms with van der Waals surface area (Å²) in [6.07, 6.45) is -1.28. The molecule has 0 unspecified atom stereocenters. The monoisotopic (exact) mass is 408 g/mol. The summed E-state index contributed by atoms with van der Waals surface area (Å²) in [6.45, 7) is 1.02. The van der Waals surface area contributed by atoms with Crippen molar-refractivity contribution < 1.29 is 38.2 Å². The number of methoxy groups -OCH3 is 2. The molecule has 1 aromatic carbocycles. The van der Waals surface area contributed by atoms with Gasteiger partial charge in [-0.15, -0.1) is 0 Å². The molecule has 0 fully saturated rings. The average Bonchev–Trinajstić information content (AvgIpc) is 2.73. The van der Waals surface area contributed by atoms with E-state index in [9.17, 15) is 24.0 Å². The average molecular weight is 408 g/mol. The Kier molecular flexibility index (Phi) is 9.86. The van der Waals surface area contributed by atoms with E-state index < -0.39 is 54.6 Å². The summed E-state index contributed by atoms with van der Waals surface area (Å²) < 4.78 is 13.9. The molecule has 0 bridgehead atoms. The molecule has 0 aliphatic heterocycles. The molecule has 0 aliphatic carbocycles. The number of ether oxygens (including phenoxy) is 3. The van der Waals surface area contributed by atoms with Crippen LogP contribution in [0.2, 0.25) is 0 Å². The van der Waals surface area contributed by atoms with Gasteiger partial charge < -0.3 is 24.8 Å². The number of ketones is 1. The molecule has 0 radical (unpaired) electrons. The Hall–Kier alpha value is -3.43. The molecule has 0 spiro atoms. The molecule has 1 rings (SSSR count). The highest BCUT2D eigenvalue weighted by Gasteiger charge is 2.32. The highest BCUT2D eigenvalue weighted by molar-refractivity contribution is 6.00. The van der Waals surface area contributed by atoms with E-state index in [0.717, 1.165) is 19.8 Å². The van der Waals surface area contributed by atoms with Gasteiger partial charge in [-0.2, -0.15) is 0 Å². The van der Waals surface area contributed by atoms with Gasteiger partial charge in [-0.05, 0) is 12.5 Å². The minimum absolute atomic E-state index is 0.0472. The number of benzene rings is 1. The van der Waals surface area contributed by atoms with Crippen LogP contribution in [0, 0.1) is 5.92 Å². The van der Waals surface area contributed by atoms with Gasteiger partial charge in [0.05, 0.1) is 20.3 Å². The highest BCUT2D eigenvalue weighted by atomic mass is 16.6. The van der Waals surface area contributed by atoms with Gasteiger partial charge in [-0.1, -0.05) is 30.3 Å². The third kappa shape index (κ3) is 8.41. The van der Waals surface area contributed by atoms with Gasteiger partial charge in [0.1, 0.15) is 13.2 Å². The van der Waals surface area contributed by atoms with Gasteiger partial charge >= 0.3 is 18.0 Å². The van der Waals surface area contributed by atoms with Crippen molar-refractivity contribution in [2.75, 3.05) is 20.8 Å².